The molecular formula is C38H26ClN5. The van der Waals surface area contributed by atoms with Gasteiger partial charge < -0.3 is 0 Å². The molecule has 5 aromatic carbocycles. The highest BCUT2D eigenvalue weighted by molar-refractivity contribution is 6.23. The summed E-state index contributed by atoms with van der Waals surface area (Å²) in [5.41, 5.74) is 9.73. The van der Waals surface area contributed by atoms with Crippen LogP contribution in [0, 0.1) is 0 Å². The molecular weight excluding hydrogens is 562 g/mol. The van der Waals surface area contributed by atoms with Crippen LogP contribution in [0.15, 0.2) is 152 Å². The Hall–Kier alpha value is -5.65. The van der Waals surface area contributed by atoms with E-state index in [1.54, 1.807) is 0 Å². The molecule has 2 heterocycles. The van der Waals surface area contributed by atoms with Crippen LogP contribution in [0.25, 0.3) is 67.7 Å². The van der Waals surface area contributed by atoms with E-state index in [9.17, 15) is 0 Å². The minimum absolute atomic E-state index is 0.556. The minimum Gasteiger partial charge on any atom is -0.299 e. The van der Waals surface area contributed by atoms with E-state index in [2.05, 4.69) is 53.4 Å². The number of hydrogen-bond donors (Lipinski definition) is 1. The topological polar surface area (TPSA) is 63.6 Å². The quantitative estimate of drug-likeness (QED) is 0.188. The molecule has 6 heteroatoms. The summed E-state index contributed by atoms with van der Waals surface area (Å²) in [7, 11) is 0. The molecule has 0 saturated heterocycles. The normalized spacial score (nSPS) is 10.8. The van der Waals surface area contributed by atoms with E-state index < -0.39 is 0 Å². The van der Waals surface area contributed by atoms with Crippen LogP contribution in [0.2, 0.25) is 0 Å². The van der Waals surface area contributed by atoms with Crippen molar-refractivity contribution < 1.29 is 0 Å². The molecule has 0 atom stereocenters. The third-order valence-corrected chi connectivity index (χ3v) is 7.62. The molecule has 0 aliphatic heterocycles. The summed E-state index contributed by atoms with van der Waals surface area (Å²) < 4.78 is 0. The number of halogens is 1. The van der Waals surface area contributed by atoms with Gasteiger partial charge in [-0.3, -0.25) is 9.82 Å². The molecule has 0 bridgehead atoms. The van der Waals surface area contributed by atoms with Crippen LogP contribution in [0.1, 0.15) is 0 Å². The van der Waals surface area contributed by atoms with E-state index in [-0.39, 0.29) is 0 Å². The zero-order chi connectivity index (χ0) is 29.7. The molecule has 0 fully saturated rings. The molecule has 0 spiro atoms. The maximum absolute atomic E-state index is 5.72. The number of nitrogens with one attached hydrogen (secondary N) is 1. The largest absolute Gasteiger partial charge is 0.299 e. The van der Waals surface area contributed by atoms with Crippen molar-refractivity contribution in [3.8, 4) is 67.7 Å². The lowest BCUT2D eigenvalue weighted by Gasteiger charge is -2.11. The average molecular weight is 588 g/mol. The van der Waals surface area contributed by atoms with Crippen LogP contribution in [-0.2, 0) is 0 Å². The maximum atomic E-state index is 5.72. The lowest BCUT2D eigenvalue weighted by Crippen LogP contribution is -2.01. The first-order valence-corrected chi connectivity index (χ1v) is 14.6. The Morgan fingerprint density at radius 3 is 1.32 bits per heavy atom. The van der Waals surface area contributed by atoms with E-state index in [1.807, 2.05) is 103 Å². The number of pyridine rings is 1. The summed E-state index contributed by atoms with van der Waals surface area (Å²) in [4.78, 5) is 22.3. The van der Waals surface area contributed by atoms with Crippen molar-refractivity contribution in [3.63, 3.8) is 0 Å². The van der Waals surface area contributed by atoms with Gasteiger partial charge >= 0.3 is 0 Å². The monoisotopic (exact) mass is 587 g/mol. The molecule has 0 aliphatic rings. The van der Waals surface area contributed by atoms with Crippen LogP contribution < -0.4 is 4.84 Å². The van der Waals surface area contributed by atoms with E-state index in [1.165, 1.54) is 0 Å². The molecule has 1 N–H and O–H groups in total. The zero-order valence-electron chi connectivity index (χ0n) is 23.6. The summed E-state index contributed by atoms with van der Waals surface area (Å²) >= 11 is 5.72. The Kier molecular flexibility index (Phi) is 7.60. The maximum Gasteiger partial charge on any atom is 0.165 e. The molecule has 5 nitrogen and oxygen atoms in total. The van der Waals surface area contributed by atoms with E-state index >= 15 is 0 Å². The second-order valence-corrected chi connectivity index (χ2v) is 10.5. The van der Waals surface area contributed by atoms with Crippen LogP contribution in [-0.4, -0.2) is 19.9 Å². The van der Waals surface area contributed by atoms with Crippen molar-refractivity contribution >= 4 is 17.5 Å². The van der Waals surface area contributed by atoms with Gasteiger partial charge in [0.05, 0.1) is 5.69 Å². The Labute approximate surface area is 261 Å². The van der Waals surface area contributed by atoms with E-state index in [0.29, 0.717) is 17.5 Å². The van der Waals surface area contributed by atoms with Crippen LogP contribution in [0.3, 0.4) is 0 Å². The second-order valence-electron chi connectivity index (χ2n) is 10.3. The molecule has 2 aromatic heterocycles. The Morgan fingerprint density at radius 1 is 0.386 bits per heavy atom. The van der Waals surface area contributed by atoms with Crippen molar-refractivity contribution in [2.75, 3.05) is 4.84 Å². The molecule has 7 rings (SSSR count). The lowest BCUT2D eigenvalue weighted by atomic mass is 10.0. The number of benzene rings is 5. The van der Waals surface area contributed by atoms with Crippen LogP contribution in [0.5, 0.6) is 0 Å². The van der Waals surface area contributed by atoms with Crippen molar-refractivity contribution in [3.05, 3.63) is 152 Å². The third-order valence-electron chi connectivity index (χ3n) is 7.40. The third kappa shape index (κ3) is 5.82. The highest BCUT2D eigenvalue weighted by Crippen LogP contribution is 2.30. The standard InChI is InChI=1S/C38H26ClN5/c39-44-34-20-17-28(18-21-34)35-22-19-33(25-40-35)38-42-36(31-15-7-13-29(23-31)26-9-3-1-4-10-26)41-37(43-38)32-16-8-14-30(24-32)27-11-5-2-6-12-27/h1-25,44H. The SMILES string of the molecule is ClNc1ccc(-c2ccc(-c3nc(-c4cccc(-c5ccccc5)c4)nc(-c4cccc(-c5ccccc5)c4)n3)cn2)cc1. The summed E-state index contributed by atoms with van der Waals surface area (Å²) in [6, 6.07) is 49.0. The van der Waals surface area contributed by atoms with Gasteiger partial charge in [0, 0.05) is 45.9 Å². The van der Waals surface area contributed by atoms with Crippen molar-refractivity contribution in [2.45, 2.75) is 0 Å². The first-order chi connectivity index (χ1) is 21.7. The predicted octanol–water partition coefficient (Wildman–Crippen LogP) is 9.83. The Balaban J connectivity index is 1.33. The fraction of sp³-hybridized carbons (Fsp3) is 0. The molecule has 7 aromatic rings. The number of aromatic nitrogens is 4. The molecule has 0 amide bonds. The molecule has 44 heavy (non-hydrogen) atoms. The summed E-state index contributed by atoms with van der Waals surface area (Å²) in [6.45, 7) is 0. The first-order valence-electron chi connectivity index (χ1n) is 14.2. The van der Waals surface area contributed by atoms with Gasteiger partial charge in [-0.15, -0.1) is 0 Å². The first kappa shape index (κ1) is 27.2. The summed E-state index contributed by atoms with van der Waals surface area (Å²) in [5, 5.41) is 0. The summed E-state index contributed by atoms with van der Waals surface area (Å²) in [6.07, 6.45) is 1.81. The molecule has 0 unspecified atom stereocenters. The van der Waals surface area contributed by atoms with Gasteiger partial charge in [0.2, 0.25) is 0 Å². The fourth-order valence-corrected chi connectivity index (χ4v) is 5.23. The van der Waals surface area contributed by atoms with Crippen molar-refractivity contribution in [2.24, 2.45) is 0 Å². The summed E-state index contributed by atoms with van der Waals surface area (Å²) in [5.74, 6) is 1.75. The second kappa shape index (κ2) is 12.3. The van der Waals surface area contributed by atoms with Crippen LogP contribution in [0.4, 0.5) is 5.69 Å². The van der Waals surface area contributed by atoms with E-state index in [0.717, 1.165) is 55.9 Å². The van der Waals surface area contributed by atoms with Crippen LogP contribution >= 0.6 is 11.8 Å². The molecule has 0 saturated carbocycles. The average Bonchev–Trinajstić information content (AvgIpc) is 3.12. The van der Waals surface area contributed by atoms with Gasteiger partial charge in [-0.2, -0.15) is 0 Å². The van der Waals surface area contributed by atoms with Gasteiger partial charge in [0.15, 0.2) is 17.5 Å². The predicted molar refractivity (Wildman–Crippen MR) is 180 cm³/mol. The Bertz CT molecular complexity index is 1930. The number of hydrogen-bond acceptors (Lipinski definition) is 5. The highest BCUT2D eigenvalue weighted by atomic mass is 35.5. The van der Waals surface area contributed by atoms with Crippen molar-refractivity contribution in [1.29, 1.82) is 0 Å². The molecule has 210 valence electrons. The molecule has 0 aliphatic carbocycles. The fourth-order valence-electron chi connectivity index (χ4n) is 5.10. The Morgan fingerprint density at radius 2 is 0.841 bits per heavy atom. The zero-order valence-corrected chi connectivity index (χ0v) is 24.4. The van der Waals surface area contributed by atoms with Gasteiger partial charge in [0.25, 0.3) is 0 Å². The number of anilines is 1. The highest BCUT2D eigenvalue weighted by Gasteiger charge is 2.14. The minimum atomic E-state index is 0.556. The molecule has 0 radical (unpaired) electrons. The lowest BCUT2D eigenvalue weighted by molar-refractivity contribution is 1.07. The number of rotatable bonds is 7. The van der Waals surface area contributed by atoms with Gasteiger partial charge in [0.1, 0.15) is 0 Å². The van der Waals surface area contributed by atoms with Gasteiger partial charge in [-0.05, 0) is 58.7 Å². The van der Waals surface area contributed by atoms with Gasteiger partial charge in [-0.25, -0.2) is 15.0 Å². The van der Waals surface area contributed by atoms with Crippen molar-refractivity contribution in [1.82, 2.24) is 19.9 Å². The number of nitrogens with zero attached hydrogens (tertiary/aromatic N) is 4. The van der Waals surface area contributed by atoms with E-state index in [4.69, 9.17) is 31.7 Å². The van der Waals surface area contributed by atoms with Gasteiger partial charge in [-0.1, -0.05) is 109 Å². The smallest absolute Gasteiger partial charge is 0.165 e.